The van der Waals surface area contributed by atoms with E-state index in [2.05, 4.69) is 0 Å². The van der Waals surface area contributed by atoms with E-state index in [1.807, 2.05) is 0 Å². The zero-order chi connectivity index (χ0) is 16.4. The van der Waals surface area contributed by atoms with Crippen LogP contribution in [0.5, 0.6) is 11.5 Å². The number of ether oxygens (including phenoxy) is 1. The Morgan fingerprint density at radius 1 is 0.870 bits per heavy atom. The van der Waals surface area contributed by atoms with Crippen LogP contribution in [0.25, 0.3) is 5.69 Å². The minimum atomic E-state index is -4.38. The zero-order valence-corrected chi connectivity index (χ0v) is 11.7. The fraction of sp³-hybridized carbons (Fsp3) is 0.0588. The first-order valence-corrected chi connectivity index (χ1v) is 6.71. The summed E-state index contributed by atoms with van der Waals surface area (Å²) in [5.74, 6) is -0.0144. The third-order valence-corrected chi connectivity index (χ3v) is 3.22. The van der Waals surface area contributed by atoms with Crippen molar-refractivity contribution < 1.29 is 22.3 Å². The van der Waals surface area contributed by atoms with E-state index in [-0.39, 0.29) is 5.75 Å². The summed E-state index contributed by atoms with van der Waals surface area (Å²) in [7, 11) is 0. The molecular weight excluding hydrogens is 310 g/mol. The Morgan fingerprint density at radius 3 is 2.17 bits per heavy atom. The summed E-state index contributed by atoms with van der Waals surface area (Å²) < 4.78 is 58.0. The predicted molar refractivity (Wildman–Crippen MR) is 77.2 cm³/mol. The maximum atomic E-state index is 13.5. The lowest BCUT2D eigenvalue weighted by atomic mass is 10.3. The van der Waals surface area contributed by atoms with Crippen LogP contribution in [0.15, 0.2) is 67.0 Å². The maximum Gasteiger partial charge on any atom is 0.417 e. The summed E-state index contributed by atoms with van der Waals surface area (Å²) in [5.41, 5.74) is -0.175. The minimum absolute atomic E-state index is 0.0839. The van der Waals surface area contributed by atoms with Gasteiger partial charge in [0.25, 0.3) is 0 Å². The average Bonchev–Trinajstić information content (AvgIpc) is 3.00. The highest BCUT2D eigenvalue weighted by molar-refractivity contribution is 5.41. The number of hydrogen-bond acceptors (Lipinski definition) is 1. The Bertz CT molecular complexity index is 806. The van der Waals surface area contributed by atoms with Crippen molar-refractivity contribution in [1.82, 2.24) is 4.57 Å². The highest BCUT2D eigenvalue weighted by atomic mass is 19.4. The zero-order valence-electron chi connectivity index (χ0n) is 11.7. The molecule has 0 saturated carbocycles. The number of benzene rings is 2. The summed E-state index contributed by atoms with van der Waals surface area (Å²) in [6, 6.07) is 13.3. The molecule has 23 heavy (non-hydrogen) atoms. The molecule has 6 heteroatoms. The van der Waals surface area contributed by atoms with Gasteiger partial charge in [-0.2, -0.15) is 13.2 Å². The summed E-state index contributed by atoms with van der Waals surface area (Å²) in [6.45, 7) is 0. The van der Waals surface area contributed by atoms with E-state index in [1.54, 1.807) is 36.4 Å². The molecule has 0 fully saturated rings. The third kappa shape index (κ3) is 3.36. The van der Waals surface area contributed by atoms with Gasteiger partial charge in [0, 0.05) is 18.1 Å². The van der Waals surface area contributed by atoms with Gasteiger partial charge in [0.05, 0.1) is 5.56 Å². The molecule has 3 aromatic rings. The fourth-order valence-electron chi connectivity index (χ4n) is 2.07. The highest BCUT2D eigenvalue weighted by Crippen LogP contribution is 2.30. The molecule has 0 atom stereocenters. The van der Waals surface area contributed by atoms with Gasteiger partial charge in [0.2, 0.25) is 0 Å². The Labute approximate surface area is 129 Å². The molecule has 0 spiro atoms. The molecule has 0 aliphatic rings. The van der Waals surface area contributed by atoms with Gasteiger partial charge in [0.1, 0.15) is 5.75 Å². The quantitative estimate of drug-likeness (QED) is 0.587. The number of nitrogens with zero attached hydrogens (tertiary/aromatic N) is 1. The number of para-hydroxylation sites is 1. The Kier molecular flexibility index (Phi) is 3.82. The van der Waals surface area contributed by atoms with Gasteiger partial charge >= 0.3 is 6.18 Å². The molecule has 0 aliphatic carbocycles. The van der Waals surface area contributed by atoms with Gasteiger partial charge in [-0.25, -0.2) is 4.39 Å². The molecule has 0 saturated heterocycles. The number of aromatic nitrogens is 1. The summed E-state index contributed by atoms with van der Waals surface area (Å²) in [6.07, 6.45) is -2.04. The van der Waals surface area contributed by atoms with Crippen LogP contribution in [0.4, 0.5) is 17.6 Å². The van der Waals surface area contributed by atoms with Gasteiger partial charge in [-0.15, -0.1) is 0 Å². The maximum absolute atomic E-state index is 13.5. The molecule has 1 aromatic heterocycles. The van der Waals surface area contributed by atoms with Crippen molar-refractivity contribution in [3.8, 4) is 17.2 Å². The molecule has 0 N–H and O–H groups in total. The van der Waals surface area contributed by atoms with E-state index < -0.39 is 17.6 Å². The smallest absolute Gasteiger partial charge is 0.417 e. The molecule has 1 heterocycles. The van der Waals surface area contributed by atoms with E-state index in [1.165, 1.54) is 22.9 Å². The molecule has 0 unspecified atom stereocenters. The van der Waals surface area contributed by atoms with Crippen LogP contribution in [0.3, 0.4) is 0 Å². The average molecular weight is 321 g/mol. The first kappa shape index (κ1) is 15.1. The summed E-state index contributed by atoms with van der Waals surface area (Å²) in [5, 5.41) is 0. The van der Waals surface area contributed by atoms with Gasteiger partial charge in [-0.05, 0) is 42.5 Å². The third-order valence-electron chi connectivity index (χ3n) is 3.22. The summed E-state index contributed by atoms with van der Waals surface area (Å²) >= 11 is 0. The second-order valence-electron chi connectivity index (χ2n) is 4.83. The van der Waals surface area contributed by atoms with Crippen LogP contribution >= 0.6 is 0 Å². The van der Waals surface area contributed by atoms with Crippen molar-refractivity contribution in [2.24, 2.45) is 0 Å². The van der Waals surface area contributed by atoms with Crippen molar-refractivity contribution in [3.05, 3.63) is 78.4 Å². The summed E-state index contributed by atoms with van der Waals surface area (Å²) in [4.78, 5) is 0. The fourth-order valence-corrected chi connectivity index (χ4v) is 2.07. The van der Waals surface area contributed by atoms with Crippen LogP contribution in [0.1, 0.15) is 5.56 Å². The largest absolute Gasteiger partial charge is 0.454 e. The molecule has 2 aromatic carbocycles. The van der Waals surface area contributed by atoms with E-state index in [0.717, 1.165) is 12.3 Å². The number of halogens is 4. The second-order valence-corrected chi connectivity index (χ2v) is 4.83. The highest BCUT2D eigenvalue weighted by Gasteiger charge is 2.31. The van der Waals surface area contributed by atoms with Crippen molar-refractivity contribution in [2.75, 3.05) is 0 Å². The lowest BCUT2D eigenvalue weighted by Crippen LogP contribution is -2.02. The number of alkyl halides is 3. The van der Waals surface area contributed by atoms with Crippen molar-refractivity contribution in [2.45, 2.75) is 6.18 Å². The molecular formula is C17H11F4NO. The van der Waals surface area contributed by atoms with Crippen LogP contribution in [-0.2, 0) is 6.18 Å². The predicted octanol–water partition coefficient (Wildman–Crippen LogP) is 5.43. The van der Waals surface area contributed by atoms with E-state index in [0.29, 0.717) is 11.4 Å². The van der Waals surface area contributed by atoms with E-state index >= 15 is 0 Å². The molecule has 0 aliphatic heterocycles. The molecule has 0 amide bonds. The minimum Gasteiger partial charge on any atom is -0.454 e. The van der Waals surface area contributed by atoms with Crippen LogP contribution in [0.2, 0.25) is 0 Å². The Hall–Kier alpha value is -2.76. The lowest BCUT2D eigenvalue weighted by molar-refractivity contribution is -0.137. The van der Waals surface area contributed by atoms with Crippen LogP contribution in [0, 0.1) is 5.82 Å². The SMILES string of the molecule is Fc1ccccc1Oc1ccc(-n2ccc(C(F)(F)F)c2)cc1. The van der Waals surface area contributed by atoms with Gasteiger partial charge in [0.15, 0.2) is 11.6 Å². The van der Waals surface area contributed by atoms with Gasteiger partial charge in [-0.3, -0.25) is 0 Å². The monoisotopic (exact) mass is 321 g/mol. The Balaban J connectivity index is 1.80. The van der Waals surface area contributed by atoms with Crippen LogP contribution < -0.4 is 4.74 Å². The van der Waals surface area contributed by atoms with Crippen molar-refractivity contribution in [1.29, 1.82) is 0 Å². The standard InChI is InChI=1S/C17H11F4NO/c18-15-3-1-2-4-16(15)23-14-7-5-13(6-8-14)22-10-9-12(11-22)17(19,20)21/h1-11H. The first-order chi connectivity index (χ1) is 10.9. The molecule has 0 radical (unpaired) electrons. The van der Waals surface area contributed by atoms with Crippen LogP contribution in [-0.4, -0.2) is 4.57 Å². The first-order valence-electron chi connectivity index (χ1n) is 6.71. The van der Waals surface area contributed by atoms with Crippen molar-refractivity contribution >= 4 is 0 Å². The molecule has 2 nitrogen and oxygen atoms in total. The topological polar surface area (TPSA) is 14.2 Å². The number of rotatable bonds is 3. The normalized spacial score (nSPS) is 11.5. The molecule has 3 rings (SSSR count). The molecule has 0 bridgehead atoms. The molecule has 118 valence electrons. The van der Waals surface area contributed by atoms with E-state index in [4.69, 9.17) is 4.74 Å². The van der Waals surface area contributed by atoms with Gasteiger partial charge < -0.3 is 9.30 Å². The van der Waals surface area contributed by atoms with Gasteiger partial charge in [-0.1, -0.05) is 12.1 Å². The van der Waals surface area contributed by atoms with Crippen molar-refractivity contribution in [3.63, 3.8) is 0 Å². The second kappa shape index (κ2) is 5.79. The lowest BCUT2D eigenvalue weighted by Gasteiger charge is -2.08. The number of hydrogen-bond donors (Lipinski definition) is 0. The van der Waals surface area contributed by atoms with E-state index in [9.17, 15) is 17.6 Å². The Morgan fingerprint density at radius 2 is 1.57 bits per heavy atom.